The molecule has 1 saturated heterocycles. The summed E-state index contributed by atoms with van der Waals surface area (Å²) >= 11 is 0. The van der Waals surface area contributed by atoms with E-state index in [2.05, 4.69) is 5.32 Å². The van der Waals surface area contributed by atoms with Crippen molar-refractivity contribution in [1.29, 1.82) is 0 Å². The van der Waals surface area contributed by atoms with E-state index in [0.29, 0.717) is 0 Å². The molecule has 1 fully saturated rings. The average Bonchev–Trinajstić information content (AvgIpc) is 2.56. The number of nitrogens with one attached hydrogen (secondary N) is 1. The first-order chi connectivity index (χ1) is 13.0. The Morgan fingerprint density at radius 1 is 0.964 bits per heavy atom. The molecule has 0 radical (unpaired) electrons. The van der Waals surface area contributed by atoms with Crippen molar-refractivity contribution in [2.75, 3.05) is 6.61 Å². The molecule has 0 aliphatic carbocycles. The largest absolute Gasteiger partial charge is 0.463 e. The van der Waals surface area contributed by atoms with Crippen molar-refractivity contribution in [1.82, 2.24) is 5.32 Å². The number of hydrogen-bond acceptors (Lipinski definition) is 9. The molecule has 1 amide bonds. The highest BCUT2D eigenvalue weighted by atomic mass is 16.7. The Bertz CT molecular complexity index is 577. The van der Waals surface area contributed by atoms with E-state index >= 15 is 0 Å². The molecule has 1 rings (SSSR count). The summed E-state index contributed by atoms with van der Waals surface area (Å²) in [6, 6.07) is -0.934. The van der Waals surface area contributed by atoms with Crippen LogP contribution in [0.4, 0.5) is 0 Å². The zero-order valence-electron chi connectivity index (χ0n) is 17.1. The Morgan fingerprint density at radius 2 is 1.54 bits per heavy atom. The second-order valence-electron chi connectivity index (χ2n) is 6.63. The highest BCUT2D eigenvalue weighted by molar-refractivity contribution is 5.76. The van der Waals surface area contributed by atoms with Crippen molar-refractivity contribution < 1.29 is 42.9 Å². The van der Waals surface area contributed by atoms with E-state index in [1.165, 1.54) is 20.8 Å². The van der Waals surface area contributed by atoms with Gasteiger partial charge in [-0.3, -0.25) is 19.2 Å². The van der Waals surface area contributed by atoms with Gasteiger partial charge in [-0.25, -0.2) is 0 Å². The molecule has 0 saturated carbocycles. The third kappa shape index (κ3) is 7.43. The van der Waals surface area contributed by atoms with Crippen LogP contribution in [0, 0.1) is 0 Å². The summed E-state index contributed by atoms with van der Waals surface area (Å²) in [5.41, 5.74) is 0. The maximum atomic E-state index is 12.0. The van der Waals surface area contributed by atoms with Crippen molar-refractivity contribution in [3.8, 4) is 0 Å². The second kappa shape index (κ2) is 11.0. The van der Waals surface area contributed by atoms with Gasteiger partial charge in [0.25, 0.3) is 0 Å². The van der Waals surface area contributed by atoms with Crippen LogP contribution in [0.3, 0.4) is 0 Å². The van der Waals surface area contributed by atoms with E-state index in [0.717, 1.165) is 0 Å². The first-order valence-corrected chi connectivity index (χ1v) is 9.13. The minimum atomic E-state index is -1.12. The standard InChI is InChI=1S/C18H29NO9/c1-7-14(23)19-15-17(27-12(6)22)16(26-11(5)21)13(8-24-10(4)20)28-18(15)25-9(2)3/h9,13,15-18H,7-8H2,1-6H3,(H,19,23)/t13-,15-,16+,17-,18?/m1/s1. The third-order valence-corrected chi connectivity index (χ3v) is 3.76. The van der Waals surface area contributed by atoms with Gasteiger partial charge in [0.05, 0.1) is 6.10 Å². The number of hydrogen-bond donors (Lipinski definition) is 1. The second-order valence-corrected chi connectivity index (χ2v) is 6.63. The number of esters is 3. The summed E-state index contributed by atoms with van der Waals surface area (Å²) in [4.78, 5) is 46.6. The number of rotatable bonds is 8. The predicted molar refractivity (Wildman–Crippen MR) is 94.8 cm³/mol. The summed E-state index contributed by atoms with van der Waals surface area (Å²) in [5, 5.41) is 2.70. The van der Waals surface area contributed by atoms with E-state index in [-0.39, 0.29) is 25.0 Å². The number of carbonyl (C=O) groups is 4. The Labute approximate surface area is 164 Å². The van der Waals surface area contributed by atoms with Gasteiger partial charge in [-0.15, -0.1) is 0 Å². The number of ether oxygens (including phenoxy) is 5. The van der Waals surface area contributed by atoms with Crippen molar-refractivity contribution in [2.24, 2.45) is 0 Å². The van der Waals surface area contributed by atoms with Crippen molar-refractivity contribution in [2.45, 2.75) is 84.7 Å². The van der Waals surface area contributed by atoms with Crippen LogP contribution >= 0.6 is 0 Å². The van der Waals surface area contributed by atoms with Crippen LogP contribution in [0.25, 0.3) is 0 Å². The average molecular weight is 403 g/mol. The molecule has 1 unspecified atom stereocenters. The normalized spacial score (nSPS) is 27.0. The highest BCUT2D eigenvalue weighted by Gasteiger charge is 2.51. The molecule has 5 atom stereocenters. The fourth-order valence-electron chi connectivity index (χ4n) is 2.73. The fraction of sp³-hybridized carbons (Fsp3) is 0.778. The van der Waals surface area contributed by atoms with Gasteiger partial charge in [0.15, 0.2) is 18.5 Å². The molecule has 1 aliphatic heterocycles. The molecule has 1 heterocycles. The van der Waals surface area contributed by atoms with Gasteiger partial charge >= 0.3 is 17.9 Å². The molecule has 0 aromatic heterocycles. The first-order valence-electron chi connectivity index (χ1n) is 9.13. The van der Waals surface area contributed by atoms with Crippen molar-refractivity contribution >= 4 is 23.8 Å². The minimum Gasteiger partial charge on any atom is -0.463 e. The smallest absolute Gasteiger partial charge is 0.303 e. The molecule has 0 bridgehead atoms. The predicted octanol–water partition coefficient (Wildman–Crippen LogP) is 0.458. The summed E-state index contributed by atoms with van der Waals surface area (Å²) < 4.78 is 27.3. The SMILES string of the molecule is CCC(=O)N[C@H]1C(OC(C)C)O[C@H](COC(C)=O)[C@H](OC(C)=O)[C@@H]1OC(C)=O. The zero-order chi connectivity index (χ0) is 21.4. The van der Waals surface area contributed by atoms with Crippen LogP contribution in [-0.2, 0) is 42.9 Å². The number of amides is 1. The van der Waals surface area contributed by atoms with Crippen LogP contribution in [0.2, 0.25) is 0 Å². The molecule has 0 aromatic rings. The van der Waals surface area contributed by atoms with E-state index in [1.54, 1.807) is 20.8 Å². The molecule has 1 N–H and O–H groups in total. The summed E-state index contributed by atoms with van der Waals surface area (Å²) in [5.74, 6) is -2.18. The topological polar surface area (TPSA) is 126 Å². The Balaban J connectivity index is 3.29. The van der Waals surface area contributed by atoms with E-state index in [9.17, 15) is 19.2 Å². The molecule has 28 heavy (non-hydrogen) atoms. The summed E-state index contributed by atoms with van der Waals surface area (Å²) in [7, 11) is 0. The van der Waals surface area contributed by atoms with Gasteiger partial charge in [0.1, 0.15) is 18.8 Å². The fourth-order valence-corrected chi connectivity index (χ4v) is 2.73. The molecule has 1 aliphatic rings. The lowest BCUT2D eigenvalue weighted by atomic mass is 9.96. The van der Waals surface area contributed by atoms with E-state index < -0.39 is 48.6 Å². The quantitative estimate of drug-likeness (QED) is 0.454. The molecule has 0 aromatic carbocycles. The van der Waals surface area contributed by atoms with Crippen molar-refractivity contribution in [3.05, 3.63) is 0 Å². The highest BCUT2D eigenvalue weighted by Crippen LogP contribution is 2.28. The van der Waals surface area contributed by atoms with Gasteiger partial charge in [-0.1, -0.05) is 6.92 Å². The minimum absolute atomic E-state index is 0.173. The Kier molecular flexibility index (Phi) is 9.33. The Morgan fingerprint density at radius 3 is 2.00 bits per heavy atom. The van der Waals surface area contributed by atoms with E-state index in [4.69, 9.17) is 23.7 Å². The molecular formula is C18H29NO9. The maximum absolute atomic E-state index is 12.0. The van der Waals surface area contributed by atoms with Gasteiger partial charge < -0.3 is 29.0 Å². The molecule has 10 nitrogen and oxygen atoms in total. The van der Waals surface area contributed by atoms with Crippen LogP contribution in [0.15, 0.2) is 0 Å². The first kappa shape index (κ1) is 23.8. The van der Waals surface area contributed by atoms with Gasteiger partial charge in [-0.05, 0) is 13.8 Å². The van der Waals surface area contributed by atoms with Crippen LogP contribution < -0.4 is 5.32 Å². The van der Waals surface area contributed by atoms with Crippen LogP contribution in [-0.4, -0.2) is 67.2 Å². The van der Waals surface area contributed by atoms with Gasteiger partial charge in [-0.2, -0.15) is 0 Å². The molecule has 10 heteroatoms. The number of carbonyl (C=O) groups excluding carboxylic acids is 4. The lowest BCUT2D eigenvalue weighted by Gasteiger charge is -2.45. The Hall–Kier alpha value is -2.20. The van der Waals surface area contributed by atoms with Gasteiger partial charge in [0.2, 0.25) is 5.91 Å². The third-order valence-electron chi connectivity index (χ3n) is 3.76. The monoisotopic (exact) mass is 403 g/mol. The lowest BCUT2D eigenvalue weighted by molar-refractivity contribution is -0.285. The molecular weight excluding hydrogens is 374 g/mol. The molecule has 160 valence electrons. The zero-order valence-corrected chi connectivity index (χ0v) is 17.1. The van der Waals surface area contributed by atoms with E-state index in [1.807, 2.05) is 0 Å². The lowest BCUT2D eigenvalue weighted by Crippen LogP contribution is -2.67. The van der Waals surface area contributed by atoms with Crippen LogP contribution in [0.1, 0.15) is 48.0 Å². The maximum Gasteiger partial charge on any atom is 0.303 e. The summed E-state index contributed by atoms with van der Waals surface area (Å²) in [6.45, 7) is 8.54. The summed E-state index contributed by atoms with van der Waals surface area (Å²) in [6.07, 6.45) is -4.32. The van der Waals surface area contributed by atoms with Crippen molar-refractivity contribution in [3.63, 3.8) is 0 Å². The van der Waals surface area contributed by atoms with Crippen LogP contribution in [0.5, 0.6) is 0 Å². The van der Waals surface area contributed by atoms with Gasteiger partial charge in [0, 0.05) is 27.2 Å². The molecule has 0 spiro atoms.